The van der Waals surface area contributed by atoms with E-state index in [1.807, 2.05) is 23.2 Å². The highest BCUT2D eigenvalue weighted by Crippen LogP contribution is 2.28. The molecule has 1 aromatic carbocycles. The summed E-state index contributed by atoms with van der Waals surface area (Å²) in [6.45, 7) is 0.798. The monoisotopic (exact) mass is 234 g/mol. The first-order valence-corrected chi connectivity index (χ1v) is 5.54. The van der Waals surface area contributed by atoms with E-state index in [9.17, 15) is 0 Å². The Hall–Kier alpha value is 0.0700. The van der Waals surface area contributed by atoms with Gasteiger partial charge >= 0.3 is 0 Å². The van der Waals surface area contributed by atoms with Crippen LogP contribution in [-0.2, 0) is 6.54 Å². The summed E-state index contributed by atoms with van der Waals surface area (Å²) >= 11 is 13.2. The molecule has 0 amide bonds. The van der Waals surface area contributed by atoms with Crippen LogP contribution in [0.1, 0.15) is 5.56 Å². The van der Waals surface area contributed by atoms with Crippen molar-refractivity contribution in [1.29, 1.82) is 0 Å². The third-order valence-electron chi connectivity index (χ3n) is 1.81. The molecule has 0 saturated carbocycles. The predicted octanol–water partition coefficient (Wildman–Crippen LogP) is 2.86. The summed E-state index contributed by atoms with van der Waals surface area (Å²) in [7, 11) is 0. The SMILES string of the molecule is ClCN1Cc2cc(Cl)ccc2SN1. The molecule has 1 N–H and O–H groups in total. The van der Waals surface area contributed by atoms with Crippen molar-refractivity contribution in [3.8, 4) is 0 Å². The average molecular weight is 235 g/mol. The second kappa shape index (κ2) is 4.07. The number of fused-ring (bicyclic) bond motifs is 1. The van der Waals surface area contributed by atoms with Gasteiger partial charge in [-0.15, -0.1) is 11.6 Å². The molecule has 0 radical (unpaired) electrons. The lowest BCUT2D eigenvalue weighted by molar-refractivity contribution is 0.276. The predicted molar refractivity (Wildman–Crippen MR) is 56.7 cm³/mol. The lowest BCUT2D eigenvalue weighted by Gasteiger charge is -2.26. The Kier molecular flexibility index (Phi) is 3.01. The second-order valence-corrected chi connectivity index (χ2v) is 4.26. The normalized spacial score (nSPS) is 17.1. The molecule has 0 aliphatic carbocycles. The molecule has 0 atom stereocenters. The van der Waals surface area contributed by atoms with Crippen molar-refractivity contribution in [1.82, 2.24) is 9.84 Å². The first-order valence-electron chi connectivity index (χ1n) is 3.81. The van der Waals surface area contributed by atoms with Gasteiger partial charge in [-0.25, -0.2) is 5.01 Å². The summed E-state index contributed by atoms with van der Waals surface area (Å²) < 4.78 is 0. The van der Waals surface area contributed by atoms with Crippen LogP contribution < -0.4 is 4.83 Å². The minimum atomic E-state index is 0.471. The number of nitrogens with zero attached hydrogens (tertiary/aromatic N) is 1. The van der Waals surface area contributed by atoms with Crippen LogP contribution in [0.4, 0.5) is 0 Å². The van der Waals surface area contributed by atoms with E-state index in [0.29, 0.717) is 6.00 Å². The zero-order chi connectivity index (χ0) is 9.26. The molecule has 13 heavy (non-hydrogen) atoms. The molecule has 5 heteroatoms. The van der Waals surface area contributed by atoms with Gasteiger partial charge in [-0.2, -0.15) is 4.83 Å². The molecule has 70 valence electrons. The average Bonchev–Trinajstić information content (AvgIpc) is 2.16. The minimum Gasteiger partial charge on any atom is -0.215 e. The maximum Gasteiger partial charge on any atom is 0.0887 e. The third-order valence-corrected chi connectivity index (χ3v) is 3.30. The van der Waals surface area contributed by atoms with E-state index in [4.69, 9.17) is 23.2 Å². The molecule has 2 rings (SSSR count). The fourth-order valence-electron chi connectivity index (χ4n) is 1.19. The summed E-state index contributed by atoms with van der Waals surface area (Å²) in [4.78, 5) is 4.33. The van der Waals surface area contributed by atoms with Gasteiger partial charge < -0.3 is 0 Å². The first kappa shape index (κ1) is 9.62. The fraction of sp³-hybridized carbons (Fsp3) is 0.250. The molecule has 0 aromatic heterocycles. The largest absolute Gasteiger partial charge is 0.215 e. The molecular formula is C8H8Cl2N2S. The van der Waals surface area contributed by atoms with E-state index in [1.54, 1.807) is 11.9 Å². The molecule has 0 spiro atoms. The Labute approximate surface area is 91.3 Å². The molecular weight excluding hydrogens is 227 g/mol. The zero-order valence-corrected chi connectivity index (χ0v) is 9.09. The minimum absolute atomic E-state index is 0.471. The van der Waals surface area contributed by atoms with Gasteiger partial charge in [0.15, 0.2) is 0 Å². The van der Waals surface area contributed by atoms with E-state index in [1.165, 1.54) is 10.5 Å². The standard InChI is InChI=1S/C8H8Cl2N2S/c9-5-12-4-6-3-7(10)1-2-8(6)13-11-12/h1-3,11H,4-5H2. The molecule has 1 aromatic rings. The van der Waals surface area contributed by atoms with Crippen LogP contribution in [-0.4, -0.2) is 11.0 Å². The lowest BCUT2D eigenvalue weighted by atomic mass is 10.2. The summed E-state index contributed by atoms with van der Waals surface area (Å²) in [6, 6.07) is 6.36. The van der Waals surface area contributed by atoms with Crippen molar-refractivity contribution in [2.75, 3.05) is 6.00 Å². The number of benzene rings is 1. The number of hydrogen-bond donors (Lipinski definition) is 1. The quantitative estimate of drug-likeness (QED) is 0.457. The smallest absolute Gasteiger partial charge is 0.0887 e. The summed E-state index contributed by atoms with van der Waals surface area (Å²) in [5.74, 6) is 0. The molecule has 1 aliphatic heterocycles. The van der Waals surface area contributed by atoms with Crippen molar-refractivity contribution in [3.05, 3.63) is 28.8 Å². The highest BCUT2D eigenvalue weighted by molar-refractivity contribution is 7.97. The molecule has 2 nitrogen and oxygen atoms in total. The Morgan fingerprint density at radius 1 is 1.54 bits per heavy atom. The lowest BCUT2D eigenvalue weighted by Crippen LogP contribution is -2.34. The van der Waals surface area contributed by atoms with Crippen molar-refractivity contribution < 1.29 is 0 Å². The van der Waals surface area contributed by atoms with Crippen LogP contribution in [0.3, 0.4) is 0 Å². The zero-order valence-electron chi connectivity index (χ0n) is 6.76. The van der Waals surface area contributed by atoms with Crippen LogP contribution in [0, 0.1) is 0 Å². The Balaban J connectivity index is 2.27. The van der Waals surface area contributed by atoms with Crippen LogP contribution >= 0.6 is 35.1 Å². The van der Waals surface area contributed by atoms with Gasteiger partial charge in [0.05, 0.1) is 6.00 Å². The van der Waals surface area contributed by atoms with Crippen LogP contribution in [0.5, 0.6) is 0 Å². The number of rotatable bonds is 1. The molecule has 1 aliphatic rings. The number of hydrogen-bond acceptors (Lipinski definition) is 3. The summed E-state index contributed by atoms with van der Waals surface area (Å²) in [5.41, 5.74) is 1.22. The molecule has 0 saturated heterocycles. The van der Waals surface area contributed by atoms with Crippen LogP contribution in [0.25, 0.3) is 0 Å². The van der Waals surface area contributed by atoms with Gasteiger partial charge in [0.1, 0.15) is 0 Å². The first-order chi connectivity index (χ1) is 6.29. The fourth-order valence-corrected chi connectivity index (χ4v) is 2.35. The maximum absolute atomic E-state index is 5.89. The van der Waals surface area contributed by atoms with Crippen molar-refractivity contribution in [2.45, 2.75) is 11.4 Å². The number of alkyl halides is 1. The summed E-state index contributed by atoms with van der Waals surface area (Å²) in [6.07, 6.45) is 0. The van der Waals surface area contributed by atoms with Gasteiger partial charge in [0.2, 0.25) is 0 Å². The van der Waals surface area contributed by atoms with Crippen LogP contribution in [0.2, 0.25) is 5.02 Å². The van der Waals surface area contributed by atoms with Gasteiger partial charge in [-0.3, -0.25) is 0 Å². The molecule has 0 unspecified atom stereocenters. The highest BCUT2D eigenvalue weighted by atomic mass is 35.5. The maximum atomic E-state index is 5.89. The van der Waals surface area contributed by atoms with E-state index >= 15 is 0 Å². The number of halogens is 2. The van der Waals surface area contributed by atoms with E-state index in [0.717, 1.165) is 11.6 Å². The molecule has 0 bridgehead atoms. The van der Waals surface area contributed by atoms with Crippen molar-refractivity contribution in [3.63, 3.8) is 0 Å². The van der Waals surface area contributed by atoms with Gasteiger partial charge in [-0.1, -0.05) is 11.6 Å². The topological polar surface area (TPSA) is 15.3 Å². The second-order valence-electron chi connectivity index (χ2n) is 2.76. The number of nitrogens with one attached hydrogen (secondary N) is 1. The Bertz CT molecular complexity index is 319. The van der Waals surface area contributed by atoms with E-state index < -0.39 is 0 Å². The van der Waals surface area contributed by atoms with Gasteiger partial charge in [0.25, 0.3) is 0 Å². The van der Waals surface area contributed by atoms with Crippen LogP contribution in [0.15, 0.2) is 23.1 Å². The highest BCUT2D eigenvalue weighted by Gasteiger charge is 2.15. The molecule has 1 heterocycles. The molecule has 0 fully saturated rings. The van der Waals surface area contributed by atoms with Gasteiger partial charge in [-0.05, 0) is 35.7 Å². The van der Waals surface area contributed by atoms with Crippen molar-refractivity contribution >= 4 is 35.1 Å². The Morgan fingerprint density at radius 3 is 3.15 bits per heavy atom. The van der Waals surface area contributed by atoms with Gasteiger partial charge in [0, 0.05) is 16.5 Å². The van der Waals surface area contributed by atoms with E-state index in [2.05, 4.69) is 4.83 Å². The van der Waals surface area contributed by atoms with Crippen molar-refractivity contribution in [2.24, 2.45) is 0 Å². The summed E-state index contributed by atoms with van der Waals surface area (Å²) in [5, 5.41) is 2.70. The third kappa shape index (κ3) is 2.11. The Morgan fingerprint density at radius 2 is 2.38 bits per heavy atom. The van der Waals surface area contributed by atoms with E-state index in [-0.39, 0.29) is 0 Å². The number of hydrazine groups is 1.